The van der Waals surface area contributed by atoms with E-state index in [1.165, 1.54) is 36.4 Å². The van der Waals surface area contributed by atoms with E-state index in [2.05, 4.69) is 0 Å². The molecule has 4 aromatic carbocycles. The molecule has 39 heavy (non-hydrogen) atoms. The van der Waals surface area contributed by atoms with Crippen LogP contribution in [0.2, 0.25) is 0 Å². The highest BCUT2D eigenvalue weighted by molar-refractivity contribution is 7.86. The van der Waals surface area contributed by atoms with Gasteiger partial charge >= 0.3 is 0 Å². The van der Waals surface area contributed by atoms with Crippen LogP contribution in [-0.4, -0.2) is 29.1 Å². The number of carbonyl (C=O) groups excluding carboxylic acids is 1. The van der Waals surface area contributed by atoms with Gasteiger partial charge in [-0.1, -0.05) is 66.7 Å². The molecule has 7 nitrogen and oxygen atoms in total. The van der Waals surface area contributed by atoms with Crippen molar-refractivity contribution in [3.63, 3.8) is 0 Å². The minimum absolute atomic E-state index is 0.137. The highest BCUT2D eigenvalue weighted by atomic mass is 32.2. The van der Waals surface area contributed by atoms with E-state index < -0.39 is 34.0 Å². The Balaban J connectivity index is 1.47. The number of phenols is 1. The van der Waals surface area contributed by atoms with E-state index in [4.69, 9.17) is 0 Å². The Morgan fingerprint density at radius 1 is 0.872 bits per heavy atom. The Bertz CT molecular complexity index is 1630. The summed E-state index contributed by atoms with van der Waals surface area (Å²) in [4.78, 5) is 14.6. The van der Waals surface area contributed by atoms with Gasteiger partial charge < -0.3 is 15.1 Å². The van der Waals surface area contributed by atoms with Crippen LogP contribution in [0.4, 0.5) is 10.1 Å². The van der Waals surface area contributed by atoms with Crippen molar-refractivity contribution in [1.82, 2.24) is 0 Å². The zero-order chi connectivity index (χ0) is 27.7. The van der Waals surface area contributed by atoms with Gasteiger partial charge in [0.2, 0.25) is 5.91 Å². The predicted molar refractivity (Wildman–Crippen MR) is 144 cm³/mol. The second-order valence-corrected chi connectivity index (χ2v) is 10.8. The van der Waals surface area contributed by atoms with Crippen molar-refractivity contribution < 1.29 is 32.4 Å². The van der Waals surface area contributed by atoms with Crippen LogP contribution in [0.3, 0.4) is 0 Å². The Kier molecular flexibility index (Phi) is 7.22. The average Bonchev–Trinajstić information content (AvgIpc) is 2.92. The summed E-state index contributed by atoms with van der Waals surface area (Å²) >= 11 is 0. The SMILES string of the molecule is O=C1[C@H](CC[C@H](O)c2ccccc2F)[C@@H](c2ccc(-c3ccccc3S(=O)(=O)O)c(O)c2)N1c1ccccc1. The molecule has 9 heteroatoms. The van der Waals surface area contributed by atoms with E-state index in [1.807, 2.05) is 18.2 Å². The van der Waals surface area contributed by atoms with Crippen molar-refractivity contribution in [2.45, 2.75) is 29.9 Å². The summed E-state index contributed by atoms with van der Waals surface area (Å²) in [5.74, 6) is -1.44. The molecule has 0 saturated carbocycles. The molecule has 0 unspecified atom stereocenters. The lowest BCUT2D eigenvalue weighted by molar-refractivity contribution is -0.131. The average molecular weight is 548 g/mol. The molecule has 5 rings (SSSR count). The number of aliphatic hydroxyl groups excluding tert-OH is 1. The van der Waals surface area contributed by atoms with E-state index in [-0.39, 0.29) is 46.1 Å². The van der Waals surface area contributed by atoms with Crippen molar-refractivity contribution in [3.8, 4) is 16.9 Å². The maximum Gasteiger partial charge on any atom is 0.295 e. The number of hydrogen-bond acceptors (Lipinski definition) is 5. The fourth-order valence-electron chi connectivity index (χ4n) is 5.20. The summed E-state index contributed by atoms with van der Waals surface area (Å²) in [6.45, 7) is 0. The number of β-lactam (4-membered cyclic amide) rings is 1. The lowest BCUT2D eigenvalue weighted by Crippen LogP contribution is -2.55. The topological polar surface area (TPSA) is 115 Å². The molecule has 0 spiro atoms. The Labute approximate surface area is 225 Å². The number of phenolic OH excluding ortho intramolecular Hbond substituents is 1. The third-order valence-corrected chi connectivity index (χ3v) is 7.99. The van der Waals surface area contributed by atoms with E-state index in [0.717, 1.165) is 0 Å². The highest BCUT2D eigenvalue weighted by Crippen LogP contribution is 2.48. The number of carbonyl (C=O) groups is 1. The molecule has 1 fully saturated rings. The smallest absolute Gasteiger partial charge is 0.295 e. The Morgan fingerprint density at radius 3 is 2.23 bits per heavy atom. The maximum absolute atomic E-state index is 14.2. The zero-order valence-corrected chi connectivity index (χ0v) is 21.5. The first kappa shape index (κ1) is 26.6. The van der Waals surface area contributed by atoms with Gasteiger partial charge in [-0.2, -0.15) is 8.42 Å². The van der Waals surface area contributed by atoms with Crippen LogP contribution in [-0.2, 0) is 14.9 Å². The lowest BCUT2D eigenvalue weighted by atomic mass is 9.78. The zero-order valence-electron chi connectivity index (χ0n) is 20.7. The summed E-state index contributed by atoms with van der Waals surface area (Å²) < 4.78 is 47.6. The van der Waals surface area contributed by atoms with Crippen molar-refractivity contribution in [2.24, 2.45) is 5.92 Å². The van der Waals surface area contributed by atoms with Crippen molar-refractivity contribution in [3.05, 3.63) is 114 Å². The van der Waals surface area contributed by atoms with E-state index >= 15 is 0 Å². The minimum Gasteiger partial charge on any atom is -0.507 e. The van der Waals surface area contributed by atoms with Crippen LogP contribution < -0.4 is 4.90 Å². The normalized spacial score (nSPS) is 18.0. The largest absolute Gasteiger partial charge is 0.507 e. The number of rotatable bonds is 8. The number of aliphatic hydroxyl groups is 1. The van der Waals surface area contributed by atoms with Gasteiger partial charge in [-0.3, -0.25) is 9.35 Å². The third kappa shape index (κ3) is 5.16. The summed E-state index contributed by atoms with van der Waals surface area (Å²) in [6, 6.07) is 25.0. The molecule has 3 N–H and O–H groups in total. The molecule has 1 aliphatic rings. The first-order valence-corrected chi connectivity index (χ1v) is 13.8. The summed E-state index contributed by atoms with van der Waals surface area (Å²) in [5.41, 5.74) is 1.78. The van der Waals surface area contributed by atoms with Gasteiger partial charge in [-0.25, -0.2) is 4.39 Å². The standard InChI is InChI=1S/C30H26FNO6S/c31-25-12-6-4-11-23(25)26(33)17-16-24-29(32(30(24)35)20-8-2-1-3-9-20)19-14-15-21(27(34)18-19)22-10-5-7-13-28(22)39(36,37)38/h1-15,18,24,26,29,33-34H,16-17H2,(H,36,37,38)/t24-,26+,29-/m1/s1. The van der Waals surface area contributed by atoms with Crippen LogP contribution >= 0.6 is 0 Å². The fourth-order valence-corrected chi connectivity index (χ4v) is 5.91. The number of aromatic hydroxyl groups is 1. The molecule has 200 valence electrons. The van der Waals surface area contributed by atoms with Gasteiger partial charge in [0.25, 0.3) is 10.1 Å². The Hall–Kier alpha value is -4.05. The molecular weight excluding hydrogens is 521 g/mol. The number of para-hydroxylation sites is 1. The number of nitrogens with zero attached hydrogens (tertiary/aromatic N) is 1. The van der Waals surface area contributed by atoms with Gasteiger partial charge in [0.05, 0.1) is 18.1 Å². The number of hydrogen-bond donors (Lipinski definition) is 3. The van der Waals surface area contributed by atoms with Gasteiger partial charge in [0.1, 0.15) is 16.5 Å². The molecule has 0 radical (unpaired) electrons. The van der Waals surface area contributed by atoms with Gasteiger partial charge in [0.15, 0.2) is 0 Å². The molecule has 0 aliphatic carbocycles. The molecule has 4 aromatic rings. The second-order valence-electron chi connectivity index (χ2n) is 9.46. The molecule has 3 atom stereocenters. The van der Waals surface area contributed by atoms with Crippen LogP contribution in [0.15, 0.2) is 102 Å². The van der Waals surface area contributed by atoms with Crippen LogP contribution in [0, 0.1) is 11.7 Å². The van der Waals surface area contributed by atoms with Crippen molar-refractivity contribution >= 4 is 21.7 Å². The molecule has 1 saturated heterocycles. The molecule has 0 bridgehead atoms. The fraction of sp³-hybridized carbons (Fsp3) is 0.167. The number of anilines is 1. The van der Waals surface area contributed by atoms with E-state index in [1.54, 1.807) is 47.4 Å². The van der Waals surface area contributed by atoms with Crippen LogP contribution in [0.1, 0.15) is 36.1 Å². The van der Waals surface area contributed by atoms with Gasteiger partial charge in [-0.15, -0.1) is 0 Å². The second kappa shape index (κ2) is 10.6. The number of amides is 1. The summed E-state index contributed by atoms with van der Waals surface area (Å²) in [7, 11) is -4.54. The third-order valence-electron chi connectivity index (χ3n) is 7.08. The van der Waals surface area contributed by atoms with Crippen LogP contribution in [0.5, 0.6) is 5.75 Å². The number of benzene rings is 4. The van der Waals surface area contributed by atoms with Crippen molar-refractivity contribution in [1.29, 1.82) is 0 Å². The summed E-state index contributed by atoms with van der Waals surface area (Å²) in [5, 5.41) is 21.6. The van der Waals surface area contributed by atoms with Gasteiger partial charge in [-0.05, 0) is 48.7 Å². The lowest BCUT2D eigenvalue weighted by Gasteiger charge is -2.48. The summed E-state index contributed by atoms with van der Waals surface area (Å²) in [6.07, 6.45) is -0.656. The Morgan fingerprint density at radius 2 is 1.54 bits per heavy atom. The van der Waals surface area contributed by atoms with E-state index in [9.17, 15) is 32.4 Å². The highest BCUT2D eigenvalue weighted by Gasteiger charge is 2.48. The minimum atomic E-state index is -4.54. The monoisotopic (exact) mass is 547 g/mol. The van der Waals surface area contributed by atoms with Gasteiger partial charge in [0, 0.05) is 22.4 Å². The number of halogens is 1. The molecule has 1 amide bonds. The molecule has 1 heterocycles. The van der Waals surface area contributed by atoms with Crippen molar-refractivity contribution in [2.75, 3.05) is 4.90 Å². The first-order chi connectivity index (χ1) is 18.7. The molecule has 1 aliphatic heterocycles. The quantitative estimate of drug-likeness (QED) is 0.194. The van der Waals surface area contributed by atoms with Crippen LogP contribution in [0.25, 0.3) is 11.1 Å². The van der Waals surface area contributed by atoms with E-state index in [0.29, 0.717) is 11.3 Å². The first-order valence-electron chi connectivity index (χ1n) is 12.4. The molecule has 0 aromatic heterocycles. The maximum atomic E-state index is 14.2. The molecular formula is C30H26FNO6S. The predicted octanol–water partition coefficient (Wildman–Crippen LogP) is 5.66.